The molecule has 0 aliphatic rings. The van der Waals surface area contributed by atoms with Crippen LogP contribution in [0.4, 0.5) is 0 Å². The summed E-state index contributed by atoms with van der Waals surface area (Å²) in [5.74, 6) is -0.446. The zero-order valence-electron chi connectivity index (χ0n) is 29.1. The fourth-order valence-corrected chi connectivity index (χ4v) is 4.95. The van der Waals surface area contributed by atoms with Crippen molar-refractivity contribution in [2.24, 2.45) is 5.92 Å². The van der Waals surface area contributed by atoms with Gasteiger partial charge in [-0.05, 0) is 151 Å². The summed E-state index contributed by atoms with van der Waals surface area (Å²) in [6.07, 6.45) is 32.7. The van der Waals surface area contributed by atoms with Gasteiger partial charge in [-0.15, -0.1) is 0 Å². The van der Waals surface area contributed by atoms with Gasteiger partial charge in [0, 0.05) is 6.42 Å². The third-order valence-electron chi connectivity index (χ3n) is 7.92. The molecule has 0 bridgehead atoms. The molecule has 0 fully saturated rings. The van der Waals surface area contributed by atoms with E-state index in [-0.39, 0.29) is 12.3 Å². The molecule has 0 amide bonds. The Morgan fingerprint density at radius 3 is 1.00 bits per heavy atom. The molecule has 0 aromatic carbocycles. The molecule has 0 aromatic rings. The fraction of sp³-hybridized carbons (Fsp3) is 0.625. The van der Waals surface area contributed by atoms with Crippen molar-refractivity contribution < 1.29 is 9.90 Å². The van der Waals surface area contributed by atoms with E-state index < -0.39 is 5.97 Å². The SMILES string of the molecule is CC(C)=CCCC(C)=CCCC(C)=CCCC(C)=CCCC(C)=CCCC(C)=CCCC(C)=CCCC(C)CC(=O)O. The highest BCUT2D eigenvalue weighted by atomic mass is 16.4. The average Bonchev–Trinajstić information content (AvgIpc) is 2.88. The molecule has 0 aliphatic heterocycles. The minimum Gasteiger partial charge on any atom is -0.481 e. The van der Waals surface area contributed by atoms with Crippen molar-refractivity contribution in [2.45, 2.75) is 159 Å². The molecular formula is C40H66O2. The normalized spacial score (nSPS) is 14.8. The van der Waals surface area contributed by atoms with E-state index >= 15 is 0 Å². The van der Waals surface area contributed by atoms with Gasteiger partial charge in [0.05, 0.1) is 0 Å². The van der Waals surface area contributed by atoms with E-state index in [4.69, 9.17) is 5.11 Å². The number of carboxylic acid groups (broad SMARTS) is 1. The maximum atomic E-state index is 10.8. The molecule has 0 saturated carbocycles. The van der Waals surface area contributed by atoms with Gasteiger partial charge in [-0.1, -0.05) is 88.5 Å². The Labute approximate surface area is 261 Å². The number of aliphatic carboxylic acids is 1. The van der Waals surface area contributed by atoms with Gasteiger partial charge in [-0.25, -0.2) is 0 Å². The van der Waals surface area contributed by atoms with Crippen LogP contribution in [-0.4, -0.2) is 11.1 Å². The highest BCUT2D eigenvalue weighted by molar-refractivity contribution is 5.66. The first-order chi connectivity index (χ1) is 19.9. The lowest BCUT2D eigenvalue weighted by atomic mass is 10.00. The molecule has 42 heavy (non-hydrogen) atoms. The van der Waals surface area contributed by atoms with E-state index in [1.165, 1.54) is 58.3 Å². The second-order valence-electron chi connectivity index (χ2n) is 13.1. The summed E-state index contributed by atoms with van der Waals surface area (Å²) in [5, 5.41) is 8.87. The molecule has 0 spiro atoms. The van der Waals surface area contributed by atoms with Crippen molar-refractivity contribution >= 4 is 5.97 Å². The molecule has 2 nitrogen and oxygen atoms in total. The first-order valence-corrected chi connectivity index (χ1v) is 16.7. The van der Waals surface area contributed by atoms with Gasteiger partial charge in [0.15, 0.2) is 0 Å². The minimum atomic E-state index is -0.693. The zero-order chi connectivity index (χ0) is 31.8. The van der Waals surface area contributed by atoms with Crippen LogP contribution in [0.5, 0.6) is 0 Å². The largest absolute Gasteiger partial charge is 0.481 e. The summed E-state index contributed by atoms with van der Waals surface area (Å²) in [4.78, 5) is 10.8. The van der Waals surface area contributed by atoms with Crippen LogP contribution in [-0.2, 0) is 4.79 Å². The second-order valence-corrected chi connectivity index (χ2v) is 13.1. The Bertz CT molecular complexity index is 973. The van der Waals surface area contributed by atoms with Crippen LogP contribution in [0.2, 0.25) is 0 Å². The molecule has 1 N–H and O–H groups in total. The van der Waals surface area contributed by atoms with Crippen LogP contribution in [0.3, 0.4) is 0 Å². The van der Waals surface area contributed by atoms with Crippen LogP contribution < -0.4 is 0 Å². The van der Waals surface area contributed by atoms with Gasteiger partial charge >= 0.3 is 5.97 Å². The molecule has 238 valence electrons. The van der Waals surface area contributed by atoms with Gasteiger partial charge in [0.1, 0.15) is 0 Å². The highest BCUT2D eigenvalue weighted by Gasteiger charge is 2.06. The average molecular weight is 579 g/mol. The quantitative estimate of drug-likeness (QED) is 0.122. The first kappa shape index (κ1) is 39.6. The maximum absolute atomic E-state index is 10.8. The van der Waals surface area contributed by atoms with E-state index in [1.807, 2.05) is 6.92 Å². The molecule has 1 atom stereocenters. The molecule has 0 saturated heterocycles. The lowest BCUT2D eigenvalue weighted by Gasteiger charge is -2.06. The van der Waals surface area contributed by atoms with E-state index in [2.05, 4.69) is 97.9 Å². The van der Waals surface area contributed by atoms with E-state index in [0.717, 1.165) is 70.6 Å². The Hall–Kier alpha value is -2.35. The van der Waals surface area contributed by atoms with E-state index in [0.29, 0.717) is 0 Å². The standard InChI is InChI=1S/C40H66O2/c1-32(2)17-10-18-33(3)19-11-20-34(4)21-12-22-35(5)23-13-24-36(6)25-14-26-37(7)27-15-28-38(8)29-16-30-39(9)31-40(41)42/h17,19,21,23,25,27,29,39H,10-16,18,20,22,24,26,28,30-31H2,1-9H3,(H,41,42). The third-order valence-corrected chi connectivity index (χ3v) is 7.92. The Morgan fingerprint density at radius 1 is 0.476 bits per heavy atom. The molecule has 0 heterocycles. The number of allylic oxidation sites excluding steroid dienone is 14. The summed E-state index contributed by atoms with van der Waals surface area (Å²) in [5.41, 5.74) is 10.4. The summed E-state index contributed by atoms with van der Waals surface area (Å²) >= 11 is 0. The van der Waals surface area contributed by atoms with Gasteiger partial charge in [-0.2, -0.15) is 0 Å². The van der Waals surface area contributed by atoms with Crippen molar-refractivity contribution in [1.82, 2.24) is 0 Å². The Balaban J connectivity index is 4.18. The fourth-order valence-electron chi connectivity index (χ4n) is 4.95. The van der Waals surface area contributed by atoms with Crippen LogP contribution in [0.15, 0.2) is 81.5 Å². The molecule has 0 radical (unpaired) electrons. The molecular weight excluding hydrogens is 512 g/mol. The number of hydrogen-bond donors (Lipinski definition) is 1. The number of hydrogen-bond acceptors (Lipinski definition) is 1. The number of carboxylic acids is 1. The van der Waals surface area contributed by atoms with Crippen molar-refractivity contribution in [3.63, 3.8) is 0 Å². The summed E-state index contributed by atoms with van der Waals surface area (Å²) in [6, 6.07) is 0. The van der Waals surface area contributed by atoms with Crippen molar-refractivity contribution in [2.75, 3.05) is 0 Å². The monoisotopic (exact) mass is 579 g/mol. The summed E-state index contributed by atoms with van der Waals surface area (Å²) in [6.45, 7) is 19.9. The third kappa shape index (κ3) is 26.5. The Kier molecular flexibility index (Phi) is 23.8. The number of rotatable bonds is 23. The van der Waals surface area contributed by atoms with Crippen molar-refractivity contribution in [3.05, 3.63) is 81.5 Å². The summed E-state index contributed by atoms with van der Waals surface area (Å²) < 4.78 is 0. The van der Waals surface area contributed by atoms with Gasteiger partial charge < -0.3 is 5.11 Å². The predicted molar refractivity (Wildman–Crippen MR) is 188 cm³/mol. The molecule has 2 heteroatoms. The van der Waals surface area contributed by atoms with Crippen LogP contribution >= 0.6 is 0 Å². The van der Waals surface area contributed by atoms with Crippen molar-refractivity contribution in [1.29, 1.82) is 0 Å². The molecule has 0 rings (SSSR count). The van der Waals surface area contributed by atoms with Crippen LogP contribution in [0.1, 0.15) is 159 Å². The molecule has 0 aliphatic carbocycles. The maximum Gasteiger partial charge on any atom is 0.303 e. The summed E-state index contributed by atoms with van der Waals surface area (Å²) in [7, 11) is 0. The number of carbonyl (C=O) groups is 1. The van der Waals surface area contributed by atoms with Gasteiger partial charge in [-0.3, -0.25) is 4.79 Å². The van der Waals surface area contributed by atoms with Crippen LogP contribution in [0.25, 0.3) is 0 Å². The van der Waals surface area contributed by atoms with E-state index in [1.54, 1.807) is 0 Å². The predicted octanol–water partition coefficient (Wildman–Crippen LogP) is 13.2. The van der Waals surface area contributed by atoms with Crippen LogP contribution in [0, 0.1) is 5.92 Å². The van der Waals surface area contributed by atoms with Gasteiger partial charge in [0.2, 0.25) is 0 Å². The van der Waals surface area contributed by atoms with Crippen molar-refractivity contribution in [3.8, 4) is 0 Å². The lowest BCUT2D eigenvalue weighted by molar-refractivity contribution is -0.138. The molecule has 0 aromatic heterocycles. The Morgan fingerprint density at radius 2 is 0.738 bits per heavy atom. The molecule has 1 unspecified atom stereocenters. The minimum absolute atomic E-state index is 0.247. The lowest BCUT2D eigenvalue weighted by Crippen LogP contribution is -2.03. The second kappa shape index (κ2) is 25.2. The van der Waals surface area contributed by atoms with E-state index in [9.17, 15) is 4.79 Å². The smallest absolute Gasteiger partial charge is 0.303 e. The zero-order valence-corrected chi connectivity index (χ0v) is 29.1. The topological polar surface area (TPSA) is 37.3 Å². The highest BCUT2D eigenvalue weighted by Crippen LogP contribution is 2.17. The van der Waals surface area contributed by atoms with Gasteiger partial charge in [0.25, 0.3) is 0 Å². The first-order valence-electron chi connectivity index (χ1n) is 16.7.